The van der Waals surface area contributed by atoms with E-state index in [1.165, 1.54) is 23.5 Å². The molecule has 2 aromatic rings. The lowest BCUT2D eigenvalue weighted by Gasteiger charge is -2.34. The first kappa shape index (κ1) is 25.3. The molecule has 2 heterocycles. The van der Waals surface area contributed by atoms with Crippen LogP contribution in [-0.2, 0) is 4.79 Å². The van der Waals surface area contributed by atoms with Gasteiger partial charge in [-0.3, -0.25) is 9.59 Å². The Morgan fingerprint density at radius 2 is 1.85 bits per heavy atom. The van der Waals surface area contributed by atoms with Crippen LogP contribution in [0, 0.1) is 24.6 Å². The summed E-state index contributed by atoms with van der Waals surface area (Å²) >= 11 is 1.35. The Bertz CT molecular complexity index is 934. The zero-order chi connectivity index (χ0) is 24.0. The van der Waals surface area contributed by atoms with E-state index in [9.17, 15) is 14.0 Å². The number of aromatic nitrogens is 1. The van der Waals surface area contributed by atoms with Gasteiger partial charge >= 0.3 is 0 Å². The molecule has 0 spiro atoms. The number of amides is 2. The quantitative estimate of drug-likeness (QED) is 0.592. The first-order valence-electron chi connectivity index (χ1n) is 11.9. The molecule has 0 bridgehead atoms. The van der Waals surface area contributed by atoms with Gasteiger partial charge in [-0.25, -0.2) is 9.37 Å². The van der Waals surface area contributed by atoms with Gasteiger partial charge in [0.25, 0.3) is 5.91 Å². The number of hydrogen-bond acceptors (Lipinski definition) is 5. The summed E-state index contributed by atoms with van der Waals surface area (Å²) in [6.45, 7) is 12.9. The van der Waals surface area contributed by atoms with E-state index in [2.05, 4.69) is 29.0 Å². The average molecular weight is 475 g/mol. The van der Waals surface area contributed by atoms with Crippen molar-refractivity contribution < 1.29 is 14.0 Å². The molecule has 6 nitrogen and oxygen atoms in total. The summed E-state index contributed by atoms with van der Waals surface area (Å²) in [6.07, 6.45) is 1.64. The summed E-state index contributed by atoms with van der Waals surface area (Å²) in [4.78, 5) is 35.1. The minimum Gasteiger partial charge on any atom is -0.355 e. The Kier molecular flexibility index (Phi) is 8.97. The third-order valence-electron chi connectivity index (χ3n) is 6.65. The van der Waals surface area contributed by atoms with Crippen LogP contribution < -0.4 is 5.32 Å². The molecular formula is C25H35FN4O2S. The number of benzene rings is 1. The number of nitrogens with one attached hydrogen (secondary N) is 1. The van der Waals surface area contributed by atoms with Crippen LogP contribution in [0.3, 0.4) is 0 Å². The molecule has 1 N–H and O–H groups in total. The monoisotopic (exact) mass is 474 g/mol. The summed E-state index contributed by atoms with van der Waals surface area (Å²) < 4.78 is 13.2. The third-order valence-corrected chi connectivity index (χ3v) is 7.85. The molecule has 1 saturated heterocycles. The fourth-order valence-electron chi connectivity index (χ4n) is 4.31. The van der Waals surface area contributed by atoms with Gasteiger partial charge in [0.1, 0.15) is 15.7 Å². The number of carbonyl (C=O) groups excluding carboxylic acids is 2. The molecule has 180 valence electrons. The van der Waals surface area contributed by atoms with Crippen LogP contribution in [0.15, 0.2) is 24.3 Å². The molecule has 2 amide bonds. The van der Waals surface area contributed by atoms with E-state index in [0.29, 0.717) is 30.2 Å². The summed E-state index contributed by atoms with van der Waals surface area (Å²) in [7, 11) is 0. The van der Waals surface area contributed by atoms with Gasteiger partial charge in [-0.05, 0) is 63.0 Å². The van der Waals surface area contributed by atoms with Gasteiger partial charge in [0, 0.05) is 37.7 Å². The van der Waals surface area contributed by atoms with E-state index in [4.69, 9.17) is 0 Å². The predicted octanol–water partition coefficient (Wildman–Crippen LogP) is 4.20. The number of carbonyl (C=O) groups is 2. The van der Waals surface area contributed by atoms with Crippen molar-refractivity contribution in [2.45, 2.75) is 40.5 Å². The van der Waals surface area contributed by atoms with E-state index in [1.54, 1.807) is 12.1 Å². The van der Waals surface area contributed by atoms with Crippen LogP contribution in [0.25, 0.3) is 10.6 Å². The van der Waals surface area contributed by atoms with Crippen LogP contribution in [-0.4, -0.2) is 65.9 Å². The van der Waals surface area contributed by atoms with Gasteiger partial charge in [-0.15, -0.1) is 11.3 Å². The van der Waals surface area contributed by atoms with Crippen molar-refractivity contribution in [3.8, 4) is 10.6 Å². The first-order valence-corrected chi connectivity index (χ1v) is 12.7. The SMILES string of the molecule is CCN(CC)CCNC(=O)C(C)C1CCN(C(=O)c2sc(-c3ccc(F)cc3)nc2C)CC1. The number of thiazole rings is 1. The van der Waals surface area contributed by atoms with Gasteiger partial charge in [0.05, 0.1) is 5.69 Å². The van der Waals surface area contributed by atoms with Gasteiger partial charge < -0.3 is 15.1 Å². The van der Waals surface area contributed by atoms with Crippen molar-refractivity contribution in [1.82, 2.24) is 20.1 Å². The maximum absolute atomic E-state index is 13.2. The van der Waals surface area contributed by atoms with E-state index < -0.39 is 0 Å². The standard InChI is InChI=1S/C25H35FN4O2S/c1-5-29(6-2)16-13-27-23(31)17(3)19-11-14-30(15-12-19)25(32)22-18(4)28-24(33-22)20-7-9-21(26)10-8-20/h7-10,17,19H,5-6,11-16H2,1-4H3,(H,27,31). The fraction of sp³-hybridized carbons (Fsp3) is 0.560. The number of piperidine rings is 1. The molecule has 1 fully saturated rings. The van der Waals surface area contributed by atoms with Crippen molar-refractivity contribution in [1.29, 1.82) is 0 Å². The molecule has 1 unspecified atom stereocenters. The van der Waals surface area contributed by atoms with Crippen LogP contribution in [0.5, 0.6) is 0 Å². The second-order valence-electron chi connectivity index (χ2n) is 8.68. The summed E-state index contributed by atoms with van der Waals surface area (Å²) in [6, 6.07) is 6.17. The highest BCUT2D eigenvalue weighted by Crippen LogP contribution is 2.31. The number of hydrogen-bond donors (Lipinski definition) is 1. The zero-order valence-corrected chi connectivity index (χ0v) is 20.9. The van der Waals surface area contributed by atoms with Crippen molar-refractivity contribution in [3.05, 3.63) is 40.7 Å². The molecule has 1 atom stereocenters. The maximum Gasteiger partial charge on any atom is 0.265 e. The molecule has 1 aliphatic rings. The lowest BCUT2D eigenvalue weighted by molar-refractivity contribution is -0.126. The highest BCUT2D eigenvalue weighted by atomic mass is 32.1. The largest absolute Gasteiger partial charge is 0.355 e. The Balaban J connectivity index is 1.52. The molecule has 1 aromatic carbocycles. The summed E-state index contributed by atoms with van der Waals surface area (Å²) in [5.41, 5.74) is 1.51. The lowest BCUT2D eigenvalue weighted by atomic mass is 9.85. The van der Waals surface area contributed by atoms with Crippen molar-refractivity contribution in [3.63, 3.8) is 0 Å². The van der Waals surface area contributed by atoms with Crippen molar-refractivity contribution in [2.24, 2.45) is 11.8 Å². The van der Waals surface area contributed by atoms with E-state index >= 15 is 0 Å². The first-order chi connectivity index (χ1) is 15.8. The number of likely N-dealkylation sites (N-methyl/N-ethyl adjacent to an activating group) is 1. The summed E-state index contributed by atoms with van der Waals surface area (Å²) in [5, 5.41) is 3.80. The van der Waals surface area contributed by atoms with Gasteiger partial charge in [-0.1, -0.05) is 20.8 Å². The minimum atomic E-state index is -0.294. The molecule has 1 aromatic heterocycles. The van der Waals surface area contributed by atoms with E-state index in [1.807, 2.05) is 18.7 Å². The van der Waals surface area contributed by atoms with Crippen molar-refractivity contribution in [2.75, 3.05) is 39.3 Å². The second kappa shape index (κ2) is 11.7. The van der Waals surface area contributed by atoms with E-state index in [0.717, 1.165) is 43.0 Å². The topological polar surface area (TPSA) is 65.5 Å². The molecule has 3 rings (SSSR count). The number of halogens is 1. The molecular weight excluding hydrogens is 439 g/mol. The normalized spacial score (nSPS) is 15.6. The molecule has 0 aliphatic carbocycles. The van der Waals surface area contributed by atoms with Crippen LogP contribution >= 0.6 is 11.3 Å². The van der Waals surface area contributed by atoms with Crippen LogP contribution in [0.1, 0.15) is 49.0 Å². The third kappa shape index (κ3) is 6.38. The Hall–Kier alpha value is -2.32. The maximum atomic E-state index is 13.2. The smallest absolute Gasteiger partial charge is 0.265 e. The van der Waals surface area contributed by atoms with E-state index in [-0.39, 0.29) is 29.5 Å². The number of likely N-dealkylation sites (tertiary alicyclic amines) is 1. The summed E-state index contributed by atoms with van der Waals surface area (Å²) in [5.74, 6) is 0.0225. The second-order valence-corrected chi connectivity index (χ2v) is 9.68. The van der Waals surface area contributed by atoms with Gasteiger partial charge in [-0.2, -0.15) is 0 Å². The molecule has 0 radical (unpaired) electrons. The average Bonchev–Trinajstić information content (AvgIpc) is 3.22. The highest BCUT2D eigenvalue weighted by molar-refractivity contribution is 7.17. The highest BCUT2D eigenvalue weighted by Gasteiger charge is 2.31. The zero-order valence-electron chi connectivity index (χ0n) is 20.1. The van der Waals surface area contributed by atoms with Crippen molar-refractivity contribution >= 4 is 23.2 Å². The van der Waals surface area contributed by atoms with Crippen LogP contribution in [0.4, 0.5) is 4.39 Å². The van der Waals surface area contributed by atoms with Gasteiger partial charge in [0.15, 0.2) is 0 Å². The Morgan fingerprint density at radius 3 is 2.45 bits per heavy atom. The Labute approximate surface area is 200 Å². The molecule has 0 saturated carbocycles. The minimum absolute atomic E-state index is 0.00635. The predicted molar refractivity (Wildman–Crippen MR) is 131 cm³/mol. The number of aryl methyl sites for hydroxylation is 1. The Morgan fingerprint density at radius 1 is 1.21 bits per heavy atom. The van der Waals surface area contributed by atoms with Gasteiger partial charge in [0.2, 0.25) is 5.91 Å². The number of nitrogens with zero attached hydrogens (tertiary/aromatic N) is 3. The molecule has 1 aliphatic heterocycles. The molecule has 8 heteroatoms. The fourth-order valence-corrected chi connectivity index (χ4v) is 5.35. The molecule has 33 heavy (non-hydrogen) atoms. The van der Waals surface area contributed by atoms with Crippen LogP contribution in [0.2, 0.25) is 0 Å². The number of rotatable bonds is 9. The lowest BCUT2D eigenvalue weighted by Crippen LogP contribution is -2.43.